The summed E-state index contributed by atoms with van der Waals surface area (Å²) in [6.07, 6.45) is 2.73. The van der Waals surface area contributed by atoms with Crippen LogP contribution in [0, 0.1) is 0 Å². The molecule has 2 atom stereocenters. The number of hydrogen-bond donors (Lipinski definition) is 1. The molecule has 3 nitrogen and oxygen atoms in total. The van der Waals surface area contributed by atoms with Gasteiger partial charge in [0.05, 0.1) is 6.61 Å². The number of fused-ring (bicyclic) bond motifs is 1. The van der Waals surface area contributed by atoms with Crippen LogP contribution in [0.15, 0.2) is 16.6 Å². The van der Waals surface area contributed by atoms with Crippen LogP contribution in [0.5, 0.6) is 5.75 Å². The molecule has 0 fully saturated rings. The van der Waals surface area contributed by atoms with E-state index in [4.69, 9.17) is 4.74 Å². The molecule has 0 aliphatic carbocycles. The third kappa shape index (κ3) is 3.33. The van der Waals surface area contributed by atoms with Gasteiger partial charge in [-0.05, 0) is 24.6 Å². The lowest BCUT2D eigenvalue weighted by Gasteiger charge is -2.12. The Morgan fingerprint density at radius 3 is 3.06 bits per heavy atom. The van der Waals surface area contributed by atoms with Crippen molar-refractivity contribution in [3.05, 3.63) is 27.7 Å². The first-order chi connectivity index (χ1) is 8.58. The second kappa shape index (κ2) is 6.17. The molecule has 0 aromatic heterocycles. The molecule has 0 spiro atoms. The van der Waals surface area contributed by atoms with Crippen molar-refractivity contribution in [2.75, 3.05) is 19.4 Å². The Labute approximate surface area is 119 Å². The Bertz CT molecular complexity index is 465. The van der Waals surface area contributed by atoms with Gasteiger partial charge in [0.25, 0.3) is 0 Å². The average molecular weight is 332 g/mol. The van der Waals surface area contributed by atoms with Crippen molar-refractivity contribution in [3.63, 3.8) is 0 Å². The van der Waals surface area contributed by atoms with Crippen molar-refractivity contribution in [3.8, 4) is 5.75 Å². The van der Waals surface area contributed by atoms with E-state index in [9.17, 15) is 4.21 Å². The lowest BCUT2D eigenvalue weighted by molar-refractivity contribution is 0.352. The van der Waals surface area contributed by atoms with E-state index < -0.39 is 10.8 Å². The number of hydrogen-bond acceptors (Lipinski definition) is 3. The van der Waals surface area contributed by atoms with Gasteiger partial charge >= 0.3 is 0 Å². The number of ether oxygens (including phenoxy) is 1. The Balaban J connectivity index is 2.00. The maximum atomic E-state index is 11.3. The first kappa shape index (κ1) is 14.0. The van der Waals surface area contributed by atoms with Crippen LogP contribution in [0.3, 0.4) is 0 Å². The summed E-state index contributed by atoms with van der Waals surface area (Å²) in [7, 11) is -0.775. The zero-order valence-electron chi connectivity index (χ0n) is 10.7. The average Bonchev–Trinajstić information content (AvgIpc) is 2.76. The lowest BCUT2D eigenvalue weighted by atomic mass is 10.1. The molecule has 0 saturated heterocycles. The Morgan fingerprint density at radius 1 is 1.56 bits per heavy atom. The van der Waals surface area contributed by atoms with Crippen molar-refractivity contribution in [1.29, 1.82) is 0 Å². The SMILES string of the molecule is C[C@@H](CNCc1cc(Br)cc2c1OCC2)[S@](C)=O. The topological polar surface area (TPSA) is 38.3 Å². The fraction of sp³-hybridized carbons (Fsp3) is 0.538. The Kier molecular flexibility index (Phi) is 4.81. The zero-order valence-corrected chi connectivity index (χ0v) is 13.1. The van der Waals surface area contributed by atoms with E-state index in [0.717, 1.165) is 36.3 Å². The van der Waals surface area contributed by atoms with Gasteiger partial charge in [0, 0.05) is 51.9 Å². The number of halogens is 1. The summed E-state index contributed by atoms with van der Waals surface area (Å²) < 4.78 is 18.0. The van der Waals surface area contributed by atoms with Crippen molar-refractivity contribution in [2.45, 2.75) is 25.1 Å². The molecule has 1 aromatic carbocycles. The molecular formula is C13H18BrNO2S. The highest BCUT2D eigenvalue weighted by Gasteiger charge is 2.17. The Morgan fingerprint density at radius 2 is 2.33 bits per heavy atom. The van der Waals surface area contributed by atoms with Gasteiger partial charge in [0.15, 0.2) is 0 Å². The van der Waals surface area contributed by atoms with Crippen molar-refractivity contribution in [2.24, 2.45) is 0 Å². The Hall–Kier alpha value is -0.390. The molecule has 18 heavy (non-hydrogen) atoms. The van der Waals surface area contributed by atoms with Gasteiger partial charge in [-0.25, -0.2) is 0 Å². The standard InChI is InChI=1S/C13H18BrNO2S/c1-9(18(2)16)7-15-8-11-6-12(14)5-10-3-4-17-13(10)11/h5-6,9,15H,3-4,7-8H2,1-2H3/t9-,18-/m0/s1. The first-order valence-electron chi connectivity index (χ1n) is 6.05. The highest BCUT2D eigenvalue weighted by atomic mass is 79.9. The molecule has 1 aliphatic rings. The van der Waals surface area contributed by atoms with Gasteiger partial charge in [-0.3, -0.25) is 4.21 Å². The summed E-state index contributed by atoms with van der Waals surface area (Å²) in [6.45, 7) is 4.27. The van der Waals surface area contributed by atoms with Crippen LogP contribution in [0.4, 0.5) is 0 Å². The van der Waals surface area contributed by atoms with E-state index in [1.54, 1.807) is 6.26 Å². The summed E-state index contributed by atoms with van der Waals surface area (Å²) in [5.74, 6) is 1.02. The van der Waals surface area contributed by atoms with Crippen molar-refractivity contribution >= 4 is 26.7 Å². The summed E-state index contributed by atoms with van der Waals surface area (Å²) >= 11 is 3.53. The third-order valence-electron chi connectivity index (χ3n) is 3.14. The molecule has 0 bridgehead atoms. The molecule has 100 valence electrons. The normalized spacial score (nSPS) is 17.1. The predicted molar refractivity (Wildman–Crippen MR) is 78.6 cm³/mol. The maximum Gasteiger partial charge on any atom is 0.127 e. The highest BCUT2D eigenvalue weighted by molar-refractivity contribution is 9.10. The van der Waals surface area contributed by atoms with Crippen molar-refractivity contribution < 1.29 is 8.95 Å². The van der Waals surface area contributed by atoms with E-state index in [-0.39, 0.29) is 5.25 Å². The number of benzene rings is 1. The van der Waals surface area contributed by atoms with E-state index in [0.29, 0.717) is 0 Å². The second-order valence-electron chi connectivity index (χ2n) is 4.59. The van der Waals surface area contributed by atoms with Crippen molar-refractivity contribution in [1.82, 2.24) is 5.32 Å². The summed E-state index contributed by atoms with van der Waals surface area (Å²) in [6, 6.07) is 4.21. The van der Waals surface area contributed by atoms with E-state index in [2.05, 4.69) is 33.4 Å². The van der Waals surface area contributed by atoms with Gasteiger partial charge in [-0.1, -0.05) is 15.9 Å². The summed E-state index contributed by atoms with van der Waals surface area (Å²) in [5, 5.41) is 3.52. The largest absolute Gasteiger partial charge is 0.493 e. The van der Waals surface area contributed by atoms with Gasteiger partial charge in [0.2, 0.25) is 0 Å². The molecule has 1 aromatic rings. The first-order valence-corrected chi connectivity index (χ1v) is 8.46. The van der Waals surface area contributed by atoms with Crippen LogP contribution < -0.4 is 10.1 Å². The van der Waals surface area contributed by atoms with E-state index in [1.807, 2.05) is 6.92 Å². The van der Waals surface area contributed by atoms with Crippen LogP contribution in [-0.2, 0) is 23.8 Å². The van der Waals surface area contributed by atoms with Gasteiger partial charge in [-0.15, -0.1) is 0 Å². The molecule has 1 heterocycles. The van der Waals surface area contributed by atoms with Crippen LogP contribution in [-0.4, -0.2) is 28.9 Å². The van der Waals surface area contributed by atoms with Crippen LogP contribution in [0.25, 0.3) is 0 Å². The highest BCUT2D eigenvalue weighted by Crippen LogP contribution is 2.32. The maximum absolute atomic E-state index is 11.3. The van der Waals surface area contributed by atoms with Gasteiger partial charge in [0.1, 0.15) is 5.75 Å². The quantitative estimate of drug-likeness (QED) is 0.899. The summed E-state index contributed by atoms with van der Waals surface area (Å²) in [4.78, 5) is 0. The minimum atomic E-state index is -0.775. The molecule has 2 rings (SSSR count). The van der Waals surface area contributed by atoms with Gasteiger partial charge < -0.3 is 10.1 Å². The van der Waals surface area contributed by atoms with E-state index >= 15 is 0 Å². The van der Waals surface area contributed by atoms with Crippen LogP contribution >= 0.6 is 15.9 Å². The van der Waals surface area contributed by atoms with Crippen LogP contribution in [0.1, 0.15) is 18.1 Å². The summed E-state index contributed by atoms with van der Waals surface area (Å²) in [5.41, 5.74) is 2.44. The fourth-order valence-electron chi connectivity index (χ4n) is 2.00. The molecular weight excluding hydrogens is 314 g/mol. The molecule has 1 N–H and O–H groups in total. The minimum absolute atomic E-state index is 0.172. The monoisotopic (exact) mass is 331 g/mol. The molecule has 0 saturated carbocycles. The van der Waals surface area contributed by atoms with Crippen LogP contribution in [0.2, 0.25) is 0 Å². The molecule has 1 aliphatic heterocycles. The third-order valence-corrected chi connectivity index (χ3v) is 4.90. The number of rotatable bonds is 5. The predicted octanol–water partition coefficient (Wildman–Crippen LogP) is 2.24. The van der Waals surface area contributed by atoms with Gasteiger partial charge in [-0.2, -0.15) is 0 Å². The zero-order chi connectivity index (χ0) is 13.1. The molecule has 0 radical (unpaired) electrons. The smallest absolute Gasteiger partial charge is 0.127 e. The second-order valence-corrected chi connectivity index (χ2v) is 7.31. The molecule has 0 unspecified atom stereocenters. The minimum Gasteiger partial charge on any atom is -0.493 e. The van der Waals surface area contributed by atoms with E-state index in [1.165, 1.54) is 11.1 Å². The molecule has 5 heteroatoms. The lowest BCUT2D eigenvalue weighted by Crippen LogP contribution is -2.27. The fourth-order valence-corrected chi connectivity index (χ4v) is 2.91. The molecule has 0 amide bonds. The number of nitrogens with one attached hydrogen (secondary N) is 1.